The summed E-state index contributed by atoms with van der Waals surface area (Å²) in [4.78, 5) is 12.6. The first-order chi connectivity index (χ1) is 9.31. The summed E-state index contributed by atoms with van der Waals surface area (Å²) in [5, 5.41) is 0. The van der Waals surface area contributed by atoms with E-state index in [9.17, 15) is 18.0 Å². The molecule has 1 aromatic heterocycles. The molecule has 4 nitrogen and oxygen atoms in total. The normalized spacial score (nSPS) is 17.3. The van der Waals surface area contributed by atoms with Gasteiger partial charge in [-0.05, 0) is 31.9 Å². The summed E-state index contributed by atoms with van der Waals surface area (Å²) in [6, 6.07) is 2.32. The number of nitrogens with zero attached hydrogens (tertiary/aromatic N) is 1. The number of hydrogen-bond donors (Lipinski definition) is 0. The van der Waals surface area contributed by atoms with Gasteiger partial charge in [-0.15, -0.1) is 0 Å². The Balaban J connectivity index is 2.13. The third kappa shape index (κ3) is 3.53. The van der Waals surface area contributed by atoms with E-state index in [0.29, 0.717) is 5.76 Å². The topological polar surface area (TPSA) is 42.7 Å². The van der Waals surface area contributed by atoms with Crippen molar-refractivity contribution < 1.29 is 27.1 Å². The molecular formula is C13H16F3NO3. The lowest BCUT2D eigenvalue weighted by Crippen LogP contribution is -2.37. The Morgan fingerprint density at radius 2 is 2.15 bits per heavy atom. The molecular weight excluding hydrogens is 275 g/mol. The highest BCUT2D eigenvalue weighted by Gasteiger charge is 2.41. The Labute approximate surface area is 114 Å². The van der Waals surface area contributed by atoms with Crippen LogP contribution in [0.1, 0.15) is 42.1 Å². The molecule has 0 radical (unpaired) electrons. The third-order valence-electron chi connectivity index (χ3n) is 3.30. The minimum atomic E-state index is -4.26. The Morgan fingerprint density at radius 1 is 1.50 bits per heavy atom. The van der Waals surface area contributed by atoms with E-state index in [1.165, 1.54) is 24.1 Å². The molecule has 2 rings (SSSR count). The molecule has 0 spiro atoms. The first-order valence-electron chi connectivity index (χ1n) is 6.32. The van der Waals surface area contributed by atoms with Crippen LogP contribution >= 0.6 is 0 Å². The van der Waals surface area contributed by atoms with Crippen LogP contribution in [0.3, 0.4) is 0 Å². The zero-order valence-electron chi connectivity index (χ0n) is 11.2. The summed E-state index contributed by atoms with van der Waals surface area (Å²) in [6.07, 6.45) is -2.75. The number of carbonyl (C=O) groups excluding carboxylic acids is 1. The quantitative estimate of drug-likeness (QED) is 0.782. The van der Waals surface area contributed by atoms with E-state index in [1.54, 1.807) is 6.92 Å². The van der Waals surface area contributed by atoms with Gasteiger partial charge in [-0.3, -0.25) is 4.90 Å². The van der Waals surface area contributed by atoms with Gasteiger partial charge in [-0.2, -0.15) is 13.2 Å². The number of esters is 1. The van der Waals surface area contributed by atoms with E-state index in [-0.39, 0.29) is 11.8 Å². The molecule has 1 aromatic rings. The van der Waals surface area contributed by atoms with Gasteiger partial charge in [0.25, 0.3) is 0 Å². The van der Waals surface area contributed by atoms with Crippen molar-refractivity contribution >= 4 is 5.97 Å². The minimum absolute atomic E-state index is 0.00268. The Hall–Kier alpha value is -1.50. The Bertz CT molecular complexity index is 479. The van der Waals surface area contributed by atoms with Gasteiger partial charge in [-0.1, -0.05) is 0 Å². The second-order valence-electron chi connectivity index (χ2n) is 4.89. The van der Waals surface area contributed by atoms with Crippen molar-refractivity contribution in [2.24, 2.45) is 0 Å². The monoisotopic (exact) mass is 291 g/mol. The number of hydrogen-bond acceptors (Lipinski definition) is 4. The fourth-order valence-electron chi connectivity index (χ4n) is 2.15. The fraction of sp³-hybridized carbons (Fsp3) is 0.615. The van der Waals surface area contributed by atoms with Crippen LogP contribution in [0.15, 0.2) is 16.5 Å². The largest absolute Gasteiger partial charge is 0.463 e. The molecule has 0 N–H and O–H groups in total. The average molecular weight is 291 g/mol. The van der Waals surface area contributed by atoms with Crippen molar-refractivity contribution in [3.8, 4) is 0 Å². The van der Waals surface area contributed by atoms with Gasteiger partial charge in [0, 0.05) is 6.04 Å². The van der Waals surface area contributed by atoms with E-state index < -0.39 is 24.7 Å². The highest BCUT2D eigenvalue weighted by Crippen LogP contribution is 2.37. The van der Waals surface area contributed by atoms with E-state index in [1.807, 2.05) is 0 Å². The van der Waals surface area contributed by atoms with Crippen LogP contribution in [0.2, 0.25) is 0 Å². The van der Waals surface area contributed by atoms with Crippen molar-refractivity contribution in [3.63, 3.8) is 0 Å². The number of methoxy groups -OCH3 is 1. The minimum Gasteiger partial charge on any atom is -0.463 e. The number of furan rings is 1. The lowest BCUT2D eigenvalue weighted by atomic mass is 10.2. The Morgan fingerprint density at radius 3 is 2.65 bits per heavy atom. The Kier molecular flexibility index (Phi) is 4.08. The average Bonchev–Trinajstić information content (AvgIpc) is 3.10. The molecule has 1 aliphatic rings. The van der Waals surface area contributed by atoms with E-state index in [4.69, 9.17) is 4.42 Å². The van der Waals surface area contributed by atoms with Gasteiger partial charge in [0.2, 0.25) is 5.76 Å². The van der Waals surface area contributed by atoms with Crippen molar-refractivity contribution in [1.82, 2.24) is 4.90 Å². The molecule has 1 atom stereocenters. The SMILES string of the molecule is COC(=O)c1ccc(C(C)N(CC(F)(F)F)C2CC2)o1. The van der Waals surface area contributed by atoms with Crippen LogP contribution in [0.25, 0.3) is 0 Å². The molecule has 1 unspecified atom stereocenters. The molecule has 0 bridgehead atoms. The van der Waals surface area contributed by atoms with E-state index in [0.717, 1.165) is 12.8 Å². The molecule has 112 valence electrons. The number of halogens is 3. The van der Waals surface area contributed by atoms with Crippen LogP contribution in [0.4, 0.5) is 13.2 Å². The lowest BCUT2D eigenvalue weighted by molar-refractivity contribution is -0.152. The van der Waals surface area contributed by atoms with Gasteiger partial charge >= 0.3 is 12.1 Å². The summed E-state index contributed by atoms with van der Waals surface area (Å²) in [6.45, 7) is 0.664. The zero-order chi connectivity index (χ0) is 14.9. The first-order valence-corrected chi connectivity index (χ1v) is 6.32. The highest BCUT2D eigenvalue weighted by atomic mass is 19.4. The summed E-state index contributed by atoms with van der Waals surface area (Å²) in [5.74, 6) is -0.309. The number of alkyl halides is 3. The second-order valence-corrected chi connectivity index (χ2v) is 4.89. The van der Waals surface area contributed by atoms with Crippen molar-refractivity contribution in [3.05, 3.63) is 23.7 Å². The number of carbonyl (C=O) groups is 1. The second kappa shape index (κ2) is 5.47. The molecule has 0 aromatic carbocycles. The van der Waals surface area contributed by atoms with Gasteiger partial charge in [-0.25, -0.2) is 4.79 Å². The summed E-state index contributed by atoms with van der Waals surface area (Å²) >= 11 is 0. The highest BCUT2D eigenvalue weighted by molar-refractivity contribution is 5.86. The van der Waals surface area contributed by atoms with Crippen LogP contribution in [0, 0.1) is 0 Å². The molecule has 1 saturated carbocycles. The lowest BCUT2D eigenvalue weighted by Gasteiger charge is -2.28. The van der Waals surface area contributed by atoms with E-state index >= 15 is 0 Å². The van der Waals surface area contributed by atoms with Crippen LogP contribution in [0.5, 0.6) is 0 Å². The standard InChI is InChI=1S/C13H16F3NO3/c1-8(10-5-6-11(20-10)12(18)19-2)17(9-3-4-9)7-13(14,15)16/h5-6,8-9H,3-4,7H2,1-2H3. The van der Waals surface area contributed by atoms with Crippen LogP contribution in [-0.2, 0) is 4.74 Å². The van der Waals surface area contributed by atoms with Gasteiger partial charge < -0.3 is 9.15 Å². The molecule has 0 amide bonds. The molecule has 1 aliphatic carbocycles. The maximum Gasteiger partial charge on any atom is 0.401 e. The predicted octanol–water partition coefficient (Wildman–Crippen LogP) is 3.15. The fourth-order valence-corrected chi connectivity index (χ4v) is 2.15. The molecule has 0 saturated heterocycles. The van der Waals surface area contributed by atoms with Crippen molar-refractivity contribution in [2.75, 3.05) is 13.7 Å². The molecule has 7 heteroatoms. The number of rotatable bonds is 5. The van der Waals surface area contributed by atoms with Crippen molar-refractivity contribution in [1.29, 1.82) is 0 Å². The molecule has 1 fully saturated rings. The number of ether oxygens (including phenoxy) is 1. The molecule has 20 heavy (non-hydrogen) atoms. The summed E-state index contributed by atoms with van der Waals surface area (Å²) in [5.41, 5.74) is 0. The maximum absolute atomic E-state index is 12.6. The summed E-state index contributed by atoms with van der Waals surface area (Å²) < 4.78 is 47.6. The third-order valence-corrected chi connectivity index (χ3v) is 3.30. The smallest absolute Gasteiger partial charge is 0.401 e. The summed E-state index contributed by atoms with van der Waals surface area (Å²) in [7, 11) is 1.22. The van der Waals surface area contributed by atoms with Gasteiger partial charge in [0.05, 0.1) is 19.7 Å². The van der Waals surface area contributed by atoms with Gasteiger partial charge in [0.15, 0.2) is 0 Å². The molecule has 0 aliphatic heterocycles. The van der Waals surface area contributed by atoms with Crippen LogP contribution < -0.4 is 0 Å². The molecule has 1 heterocycles. The van der Waals surface area contributed by atoms with Crippen LogP contribution in [-0.4, -0.2) is 36.7 Å². The first kappa shape index (κ1) is 14.9. The maximum atomic E-state index is 12.6. The predicted molar refractivity (Wildman–Crippen MR) is 64.2 cm³/mol. The van der Waals surface area contributed by atoms with E-state index in [2.05, 4.69) is 4.74 Å². The van der Waals surface area contributed by atoms with Gasteiger partial charge in [0.1, 0.15) is 5.76 Å². The van der Waals surface area contributed by atoms with Crippen molar-refractivity contribution in [2.45, 2.75) is 38.0 Å². The zero-order valence-corrected chi connectivity index (χ0v) is 11.2.